The average Bonchev–Trinajstić information content (AvgIpc) is 2.66. The van der Waals surface area contributed by atoms with Gasteiger partial charge in [0.25, 0.3) is 0 Å². The third kappa shape index (κ3) is 4.99. The molecule has 1 saturated heterocycles. The first-order valence-corrected chi connectivity index (χ1v) is 10.4. The summed E-state index contributed by atoms with van der Waals surface area (Å²) in [7, 11) is -1.68. The molecule has 0 aliphatic carbocycles. The number of hydrogen-bond donors (Lipinski definition) is 0. The van der Waals surface area contributed by atoms with E-state index in [-0.39, 0.29) is 10.7 Å². The van der Waals surface area contributed by atoms with Crippen LogP contribution in [0.3, 0.4) is 0 Å². The van der Waals surface area contributed by atoms with E-state index in [0.29, 0.717) is 44.2 Å². The van der Waals surface area contributed by atoms with Crippen molar-refractivity contribution in [3.8, 4) is 0 Å². The smallest absolute Gasteiger partial charge is 0.244 e. The lowest BCUT2D eigenvalue weighted by atomic mass is 10.2. The monoisotopic (exact) mass is 411 g/mol. The van der Waals surface area contributed by atoms with E-state index in [1.165, 1.54) is 16.4 Å². The highest BCUT2D eigenvalue weighted by Gasteiger charge is 2.26. The molecule has 0 unspecified atom stereocenters. The number of ether oxygens (including phenoxy) is 1. The van der Waals surface area contributed by atoms with Crippen LogP contribution in [0.15, 0.2) is 47.5 Å². The lowest BCUT2D eigenvalue weighted by Crippen LogP contribution is -2.40. The quantitative estimate of drug-likeness (QED) is 0.684. The van der Waals surface area contributed by atoms with E-state index in [1.807, 2.05) is 11.9 Å². The zero-order valence-electron chi connectivity index (χ0n) is 15.0. The maximum absolute atomic E-state index is 13.0. The van der Waals surface area contributed by atoms with E-state index in [0.717, 1.165) is 5.56 Å². The predicted molar refractivity (Wildman–Crippen MR) is 103 cm³/mol. The summed E-state index contributed by atoms with van der Waals surface area (Å²) in [4.78, 5) is 2.20. The summed E-state index contributed by atoms with van der Waals surface area (Å²) < 4.78 is 47.6. The minimum absolute atomic E-state index is 0.216. The number of nitrogens with zero attached hydrogens (tertiary/aromatic N) is 3. The first-order valence-electron chi connectivity index (χ1n) is 8.57. The second-order valence-electron chi connectivity index (χ2n) is 6.47. The second kappa shape index (κ2) is 8.57. The molecule has 1 aliphatic heterocycles. The fraction of sp³-hybridized carbons (Fsp3) is 0.389. The predicted octanol–water partition coefficient (Wildman–Crippen LogP) is 2.47. The molecule has 2 aromatic rings. The Labute approximate surface area is 163 Å². The molecule has 0 atom stereocenters. The Kier molecular flexibility index (Phi) is 6.38. The highest BCUT2D eigenvalue weighted by atomic mass is 32.2. The van der Waals surface area contributed by atoms with E-state index in [4.69, 9.17) is 17.0 Å². The van der Waals surface area contributed by atoms with Gasteiger partial charge in [0.2, 0.25) is 10.0 Å². The summed E-state index contributed by atoms with van der Waals surface area (Å²) in [5.74, 6) is -0.273. The van der Waals surface area contributed by atoms with Gasteiger partial charge in [0, 0.05) is 25.8 Å². The van der Waals surface area contributed by atoms with Crippen molar-refractivity contribution in [2.24, 2.45) is 0 Å². The lowest BCUT2D eigenvalue weighted by molar-refractivity contribution is 0.0730. The number of hydrogen-bond acceptors (Lipinski definition) is 5. The van der Waals surface area contributed by atoms with Crippen LogP contribution in [0.2, 0.25) is 0 Å². The molecule has 6 nitrogen and oxygen atoms in total. The van der Waals surface area contributed by atoms with Gasteiger partial charge in [0.05, 0.1) is 24.8 Å². The van der Waals surface area contributed by atoms with Crippen LogP contribution in [-0.4, -0.2) is 55.5 Å². The molecule has 0 saturated carbocycles. The van der Waals surface area contributed by atoms with E-state index < -0.39 is 10.0 Å². The summed E-state index contributed by atoms with van der Waals surface area (Å²) in [5.41, 5.74) is 0.961. The van der Waals surface area contributed by atoms with Gasteiger partial charge in [-0.05, 0) is 36.9 Å². The molecular weight excluding hydrogens is 389 g/mol. The van der Waals surface area contributed by atoms with Crippen molar-refractivity contribution < 1.29 is 17.5 Å². The summed E-state index contributed by atoms with van der Waals surface area (Å²) in [6, 6.07) is 9.47. The number of pyridine rings is 1. The topological polar surface area (TPSA) is 54.8 Å². The molecule has 0 amide bonds. The zero-order valence-corrected chi connectivity index (χ0v) is 16.7. The van der Waals surface area contributed by atoms with Gasteiger partial charge in [-0.2, -0.15) is 4.31 Å². The Morgan fingerprint density at radius 2 is 1.81 bits per heavy atom. The molecule has 0 spiro atoms. The van der Waals surface area contributed by atoms with Crippen molar-refractivity contribution in [2.45, 2.75) is 18.1 Å². The molecule has 0 N–H and O–H groups in total. The number of morpholine rings is 1. The Hall–Kier alpha value is -1.65. The van der Waals surface area contributed by atoms with Crippen molar-refractivity contribution in [3.63, 3.8) is 0 Å². The van der Waals surface area contributed by atoms with Gasteiger partial charge in [0.1, 0.15) is 10.5 Å². The molecule has 9 heteroatoms. The van der Waals surface area contributed by atoms with Crippen LogP contribution >= 0.6 is 12.2 Å². The molecule has 1 aromatic heterocycles. The summed E-state index contributed by atoms with van der Waals surface area (Å²) >= 11 is 5.35. The first-order chi connectivity index (χ1) is 12.9. The molecule has 27 heavy (non-hydrogen) atoms. The van der Waals surface area contributed by atoms with Gasteiger partial charge in [-0.25, -0.2) is 12.8 Å². The molecule has 0 bridgehead atoms. The minimum Gasteiger partial charge on any atom is -0.379 e. The Balaban J connectivity index is 1.76. The van der Waals surface area contributed by atoms with Crippen molar-refractivity contribution in [1.29, 1.82) is 0 Å². The van der Waals surface area contributed by atoms with Gasteiger partial charge < -0.3 is 9.30 Å². The maximum Gasteiger partial charge on any atom is 0.244 e. The van der Waals surface area contributed by atoms with Crippen LogP contribution in [0.25, 0.3) is 0 Å². The summed E-state index contributed by atoms with van der Waals surface area (Å²) in [6.07, 6.45) is 1.58. The fourth-order valence-electron chi connectivity index (χ4n) is 2.92. The van der Waals surface area contributed by atoms with Gasteiger partial charge in [-0.3, -0.25) is 4.90 Å². The highest BCUT2D eigenvalue weighted by Crippen LogP contribution is 2.17. The molecule has 0 radical (unpaired) electrons. The minimum atomic E-state index is -3.57. The zero-order chi connectivity index (χ0) is 19.4. The summed E-state index contributed by atoms with van der Waals surface area (Å²) in [5, 5.41) is 0. The van der Waals surface area contributed by atoms with Crippen LogP contribution in [0.5, 0.6) is 0 Å². The number of aromatic nitrogens is 1. The normalized spacial score (nSPS) is 16.0. The van der Waals surface area contributed by atoms with Gasteiger partial charge >= 0.3 is 0 Å². The first kappa shape index (κ1) is 20.1. The van der Waals surface area contributed by atoms with Crippen LogP contribution in [0.1, 0.15) is 5.56 Å². The largest absolute Gasteiger partial charge is 0.379 e. The van der Waals surface area contributed by atoms with Crippen molar-refractivity contribution in [2.75, 3.05) is 33.4 Å². The Morgan fingerprint density at radius 1 is 1.15 bits per heavy atom. The van der Waals surface area contributed by atoms with Crippen molar-refractivity contribution in [3.05, 3.63) is 58.6 Å². The molecule has 3 rings (SSSR count). The molecular formula is C18H22FN3O3S2. The third-order valence-electron chi connectivity index (χ3n) is 4.32. The number of benzene rings is 1. The average molecular weight is 412 g/mol. The van der Waals surface area contributed by atoms with Crippen molar-refractivity contribution in [1.82, 2.24) is 13.8 Å². The maximum atomic E-state index is 13.0. The number of halogens is 1. The van der Waals surface area contributed by atoms with E-state index in [9.17, 15) is 12.8 Å². The van der Waals surface area contributed by atoms with Crippen LogP contribution in [0, 0.1) is 10.5 Å². The van der Waals surface area contributed by atoms with Crippen molar-refractivity contribution >= 4 is 22.2 Å². The third-order valence-corrected chi connectivity index (χ3v) is 6.58. The standard InChI is InChI=1S/C18H22FN3O3S2/c1-20(12-15-2-4-16(19)5-3-15)14-21-13-17(6-7-18(21)26)27(23,24)22-8-10-25-11-9-22/h2-7,13H,8-12,14H2,1H3. The van der Waals surface area contributed by atoms with Gasteiger partial charge in [0.15, 0.2) is 0 Å². The van der Waals surface area contributed by atoms with Crippen LogP contribution < -0.4 is 0 Å². The Bertz CT molecular complexity index is 939. The van der Waals surface area contributed by atoms with Crippen LogP contribution in [0.4, 0.5) is 4.39 Å². The van der Waals surface area contributed by atoms with Gasteiger partial charge in [-0.15, -0.1) is 0 Å². The Morgan fingerprint density at radius 3 is 2.48 bits per heavy atom. The highest BCUT2D eigenvalue weighted by molar-refractivity contribution is 7.89. The SMILES string of the molecule is CN(Cc1ccc(F)cc1)Cn1cc(S(=O)(=O)N2CCOCC2)ccc1=S. The van der Waals surface area contributed by atoms with E-state index in [1.54, 1.807) is 35.0 Å². The van der Waals surface area contributed by atoms with E-state index >= 15 is 0 Å². The fourth-order valence-corrected chi connectivity index (χ4v) is 4.53. The lowest BCUT2D eigenvalue weighted by Gasteiger charge is -2.26. The van der Waals surface area contributed by atoms with Gasteiger partial charge in [-0.1, -0.05) is 24.4 Å². The van der Waals surface area contributed by atoms with Crippen LogP contribution in [-0.2, 0) is 28.0 Å². The molecule has 1 aromatic carbocycles. The van der Waals surface area contributed by atoms with E-state index in [2.05, 4.69) is 0 Å². The second-order valence-corrected chi connectivity index (χ2v) is 8.83. The number of sulfonamides is 1. The molecule has 1 fully saturated rings. The number of rotatable bonds is 6. The summed E-state index contributed by atoms with van der Waals surface area (Å²) in [6.45, 7) is 2.51. The molecule has 146 valence electrons. The molecule has 2 heterocycles. The molecule has 1 aliphatic rings.